The summed E-state index contributed by atoms with van der Waals surface area (Å²) in [7, 11) is 0. The van der Waals surface area contributed by atoms with Crippen molar-refractivity contribution in [1.29, 1.82) is 0 Å². The summed E-state index contributed by atoms with van der Waals surface area (Å²) < 4.78 is 5.34. The number of aliphatic carboxylic acids is 1. The highest BCUT2D eigenvalue weighted by molar-refractivity contribution is 7.14. The number of hydrogen-bond acceptors (Lipinski definition) is 5. The van der Waals surface area contributed by atoms with E-state index >= 15 is 0 Å². The van der Waals surface area contributed by atoms with Crippen LogP contribution >= 0.6 is 11.3 Å². The summed E-state index contributed by atoms with van der Waals surface area (Å²) >= 11 is 1.19. The molecule has 2 N–H and O–H groups in total. The van der Waals surface area contributed by atoms with Gasteiger partial charge in [-0.2, -0.15) is 0 Å². The predicted octanol–water partition coefficient (Wildman–Crippen LogP) is 2.82. The summed E-state index contributed by atoms with van der Waals surface area (Å²) in [6, 6.07) is 7.37. The molecule has 6 nitrogen and oxygen atoms in total. The third-order valence-electron chi connectivity index (χ3n) is 2.73. The number of benzene rings is 1. The minimum absolute atomic E-state index is 0.158. The topological polar surface area (TPSA) is 88.5 Å². The zero-order valence-corrected chi connectivity index (χ0v) is 13.3. The van der Waals surface area contributed by atoms with Crippen LogP contribution in [0.15, 0.2) is 35.7 Å². The van der Waals surface area contributed by atoms with Crippen molar-refractivity contribution in [3.8, 4) is 5.75 Å². The van der Waals surface area contributed by atoms with E-state index in [1.54, 1.807) is 11.5 Å². The van der Waals surface area contributed by atoms with Gasteiger partial charge in [0.1, 0.15) is 5.75 Å². The Balaban J connectivity index is 1.90. The molecule has 0 saturated carbocycles. The van der Waals surface area contributed by atoms with Crippen LogP contribution in [0, 0.1) is 0 Å². The predicted molar refractivity (Wildman–Crippen MR) is 88.7 cm³/mol. The van der Waals surface area contributed by atoms with Crippen LogP contribution in [0.4, 0.5) is 5.13 Å². The first-order chi connectivity index (χ1) is 11.1. The van der Waals surface area contributed by atoms with Gasteiger partial charge in [-0.25, -0.2) is 4.98 Å². The van der Waals surface area contributed by atoms with Crippen LogP contribution in [0.25, 0.3) is 6.08 Å². The van der Waals surface area contributed by atoms with Gasteiger partial charge in [-0.05, 0) is 30.7 Å². The Morgan fingerprint density at radius 3 is 2.74 bits per heavy atom. The number of aromatic nitrogens is 1. The Hall–Kier alpha value is -2.67. The fraction of sp³-hybridized carbons (Fsp3) is 0.188. The first-order valence-corrected chi connectivity index (χ1v) is 7.83. The highest BCUT2D eigenvalue weighted by Crippen LogP contribution is 2.16. The van der Waals surface area contributed by atoms with E-state index in [2.05, 4.69) is 10.3 Å². The van der Waals surface area contributed by atoms with Gasteiger partial charge in [0.2, 0.25) is 5.91 Å². The number of nitrogens with zero attached hydrogens (tertiary/aromatic N) is 1. The van der Waals surface area contributed by atoms with Crippen molar-refractivity contribution in [3.05, 3.63) is 47.0 Å². The highest BCUT2D eigenvalue weighted by Gasteiger charge is 2.07. The van der Waals surface area contributed by atoms with Crippen LogP contribution in [0.1, 0.15) is 18.2 Å². The summed E-state index contributed by atoms with van der Waals surface area (Å²) in [5.74, 6) is -0.499. The van der Waals surface area contributed by atoms with Crippen molar-refractivity contribution in [2.75, 3.05) is 11.9 Å². The summed E-state index contributed by atoms with van der Waals surface area (Å²) in [6.45, 7) is 2.52. The SMILES string of the molecule is CCOc1ccc(/C=C/C(=O)Nc2nc(CC(=O)O)cs2)cc1. The van der Waals surface area contributed by atoms with E-state index < -0.39 is 5.97 Å². The molecule has 0 aliphatic heterocycles. The Morgan fingerprint density at radius 1 is 1.35 bits per heavy atom. The van der Waals surface area contributed by atoms with Gasteiger partial charge in [0.25, 0.3) is 0 Å². The number of anilines is 1. The molecule has 0 spiro atoms. The lowest BCUT2D eigenvalue weighted by Crippen LogP contribution is -2.08. The van der Waals surface area contributed by atoms with Crippen LogP contribution in [-0.2, 0) is 16.0 Å². The lowest BCUT2D eigenvalue weighted by Gasteiger charge is -2.02. The average molecular weight is 332 g/mol. The summed E-state index contributed by atoms with van der Waals surface area (Å²) in [4.78, 5) is 26.4. The Kier molecular flexibility index (Phi) is 5.87. The number of thiazole rings is 1. The highest BCUT2D eigenvalue weighted by atomic mass is 32.1. The lowest BCUT2D eigenvalue weighted by molar-refractivity contribution is -0.136. The molecule has 0 atom stereocenters. The van der Waals surface area contributed by atoms with Crippen molar-refractivity contribution in [1.82, 2.24) is 4.98 Å². The minimum atomic E-state index is -0.955. The number of carbonyl (C=O) groups excluding carboxylic acids is 1. The van der Waals surface area contributed by atoms with Crippen LogP contribution in [-0.4, -0.2) is 28.6 Å². The second kappa shape index (κ2) is 8.09. The summed E-state index contributed by atoms with van der Waals surface area (Å²) in [6.07, 6.45) is 2.92. The average Bonchev–Trinajstić information content (AvgIpc) is 2.93. The first-order valence-electron chi connectivity index (χ1n) is 6.95. The molecule has 2 rings (SSSR count). The second-order valence-corrected chi connectivity index (χ2v) is 5.40. The smallest absolute Gasteiger partial charge is 0.309 e. The zero-order chi connectivity index (χ0) is 16.7. The van der Waals surface area contributed by atoms with E-state index in [0.29, 0.717) is 17.4 Å². The molecule has 0 bridgehead atoms. The van der Waals surface area contributed by atoms with Crippen LogP contribution in [0.2, 0.25) is 0 Å². The number of amides is 1. The molecular formula is C16H16N2O4S. The molecule has 23 heavy (non-hydrogen) atoms. The lowest BCUT2D eigenvalue weighted by atomic mass is 10.2. The van der Waals surface area contributed by atoms with E-state index in [4.69, 9.17) is 9.84 Å². The maximum atomic E-state index is 11.8. The number of nitrogens with one attached hydrogen (secondary N) is 1. The van der Waals surface area contributed by atoms with E-state index in [-0.39, 0.29) is 12.3 Å². The van der Waals surface area contributed by atoms with E-state index in [9.17, 15) is 9.59 Å². The van der Waals surface area contributed by atoms with E-state index in [1.807, 2.05) is 31.2 Å². The molecule has 0 radical (unpaired) electrons. The molecule has 0 fully saturated rings. The Morgan fingerprint density at radius 2 is 2.09 bits per heavy atom. The number of carbonyl (C=O) groups is 2. The summed E-state index contributed by atoms with van der Waals surface area (Å²) in [5.41, 5.74) is 1.29. The van der Waals surface area contributed by atoms with Crippen LogP contribution in [0.3, 0.4) is 0 Å². The van der Waals surface area contributed by atoms with Crippen molar-refractivity contribution >= 4 is 34.4 Å². The zero-order valence-electron chi connectivity index (χ0n) is 12.5. The number of carboxylic acids is 1. The van der Waals surface area contributed by atoms with E-state index in [0.717, 1.165) is 11.3 Å². The van der Waals surface area contributed by atoms with Gasteiger partial charge >= 0.3 is 5.97 Å². The molecule has 0 unspecified atom stereocenters. The Labute approximate surface area is 137 Å². The third kappa shape index (κ3) is 5.55. The largest absolute Gasteiger partial charge is 0.494 e. The molecule has 1 heterocycles. The number of carboxylic acid groups (broad SMARTS) is 1. The van der Waals surface area contributed by atoms with Crippen molar-refractivity contribution in [3.63, 3.8) is 0 Å². The molecule has 1 aromatic heterocycles. The van der Waals surface area contributed by atoms with Gasteiger partial charge in [0, 0.05) is 11.5 Å². The van der Waals surface area contributed by atoms with Gasteiger partial charge in [-0.1, -0.05) is 12.1 Å². The molecule has 1 aromatic carbocycles. The summed E-state index contributed by atoms with van der Waals surface area (Å²) in [5, 5.41) is 13.3. The number of hydrogen-bond donors (Lipinski definition) is 2. The second-order valence-electron chi connectivity index (χ2n) is 4.54. The molecule has 2 aromatic rings. The number of ether oxygens (including phenoxy) is 1. The fourth-order valence-electron chi connectivity index (χ4n) is 1.76. The Bertz CT molecular complexity index is 707. The quantitative estimate of drug-likeness (QED) is 0.761. The van der Waals surface area contributed by atoms with Gasteiger partial charge in [0.15, 0.2) is 5.13 Å². The van der Waals surface area contributed by atoms with Gasteiger partial charge < -0.3 is 9.84 Å². The normalized spacial score (nSPS) is 10.7. The fourth-order valence-corrected chi connectivity index (χ4v) is 2.47. The van der Waals surface area contributed by atoms with Crippen LogP contribution in [0.5, 0.6) is 5.75 Å². The minimum Gasteiger partial charge on any atom is -0.494 e. The van der Waals surface area contributed by atoms with Crippen molar-refractivity contribution in [2.24, 2.45) is 0 Å². The number of rotatable bonds is 7. The van der Waals surface area contributed by atoms with Crippen molar-refractivity contribution in [2.45, 2.75) is 13.3 Å². The maximum Gasteiger partial charge on any atom is 0.309 e. The van der Waals surface area contributed by atoms with Gasteiger partial charge in [-0.3, -0.25) is 14.9 Å². The maximum absolute atomic E-state index is 11.8. The standard InChI is InChI=1S/C16H16N2O4S/c1-2-22-13-6-3-11(4-7-13)5-8-14(19)18-16-17-12(10-23-16)9-15(20)21/h3-8,10H,2,9H2,1H3,(H,20,21)(H,17,18,19)/b8-5+. The van der Waals surface area contributed by atoms with Gasteiger partial charge in [-0.15, -0.1) is 11.3 Å². The van der Waals surface area contributed by atoms with Gasteiger partial charge in [0.05, 0.1) is 18.7 Å². The van der Waals surface area contributed by atoms with Crippen LogP contribution < -0.4 is 10.1 Å². The third-order valence-corrected chi connectivity index (χ3v) is 3.54. The van der Waals surface area contributed by atoms with Crippen molar-refractivity contribution < 1.29 is 19.4 Å². The molecule has 0 saturated heterocycles. The molecule has 1 amide bonds. The first kappa shape index (κ1) is 16.7. The molecule has 120 valence electrons. The molecule has 0 aliphatic rings. The van der Waals surface area contributed by atoms with E-state index in [1.165, 1.54) is 17.4 Å². The monoisotopic (exact) mass is 332 g/mol. The molecular weight excluding hydrogens is 316 g/mol. The molecule has 0 aliphatic carbocycles. The molecule has 7 heteroatoms.